The molecule has 2 fully saturated rings. The molecule has 1 aromatic carbocycles. The third-order valence-corrected chi connectivity index (χ3v) is 4.48. The molecule has 0 amide bonds. The number of benzene rings is 1. The van der Waals surface area contributed by atoms with E-state index in [4.69, 9.17) is 22.1 Å². The van der Waals surface area contributed by atoms with Gasteiger partial charge in [-0.25, -0.2) is 0 Å². The zero-order valence-corrected chi connectivity index (χ0v) is 12.9. The lowest BCUT2D eigenvalue weighted by molar-refractivity contribution is 0.125. The number of hydrogen-bond donors (Lipinski definition) is 2. The minimum Gasteiger partial charge on any atom is -0.489 e. The van der Waals surface area contributed by atoms with Crippen LogP contribution in [-0.4, -0.2) is 41.8 Å². The first-order chi connectivity index (χ1) is 10.1. The number of nitrogens with zero attached hydrogens (tertiary/aromatic N) is 1. The van der Waals surface area contributed by atoms with E-state index in [1.54, 1.807) is 6.07 Å². The molecule has 1 unspecified atom stereocenters. The summed E-state index contributed by atoms with van der Waals surface area (Å²) in [5, 5.41) is 11.0. The molecule has 116 valence electrons. The van der Waals surface area contributed by atoms with Gasteiger partial charge in [-0.2, -0.15) is 0 Å². The van der Waals surface area contributed by atoms with Crippen LogP contribution in [0.2, 0.25) is 5.02 Å². The summed E-state index contributed by atoms with van der Waals surface area (Å²) in [6.07, 6.45) is 4.26. The zero-order valence-electron chi connectivity index (χ0n) is 12.2. The summed E-state index contributed by atoms with van der Waals surface area (Å²) in [6.45, 7) is 2.88. The highest BCUT2D eigenvalue weighted by Crippen LogP contribution is 2.33. The number of aliphatic hydroxyl groups is 1. The van der Waals surface area contributed by atoms with E-state index in [0.717, 1.165) is 38.0 Å². The van der Waals surface area contributed by atoms with Crippen LogP contribution in [0.15, 0.2) is 18.2 Å². The Kier molecular flexibility index (Phi) is 4.69. The maximum atomic E-state index is 10.4. The average Bonchev–Trinajstić information content (AvgIpc) is 3.14. The van der Waals surface area contributed by atoms with Crippen LogP contribution in [0.3, 0.4) is 0 Å². The van der Waals surface area contributed by atoms with Crippen LogP contribution in [0, 0.1) is 0 Å². The molecule has 0 bridgehead atoms. The van der Waals surface area contributed by atoms with Crippen molar-refractivity contribution in [1.82, 2.24) is 4.90 Å². The molecule has 3 N–H and O–H groups in total. The van der Waals surface area contributed by atoms with E-state index >= 15 is 0 Å². The molecule has 3 rings (SSSR count). The van der Waals surface area contributed by atoms with E-state index in [-0.39, 0.29) is 6.04 Å². The molecule has 1 aliphatic heterocycles. The molecular formula is C16H23ClN2O2. The predicted octanol–water partition coefficient (Wildman–Crippen LogP) is 2.34. The first-order valence-corrected chi connectivity index (χ1v) is 8.13. The van der Waals surface area contributed by atoms with Gasteiger partial charge in [-0.3, -0.25) is 0 Å². The van der Waals surface area contributed by atoms with E-state index in [0.29, 0.717) is 16.9 Å². The minimum atomic E-state index is -0.696. The van der Waals surface area contributed by atoms with Gasteiger partial charge < -0.3 is 20.5 Å². The standard InChI is InChI=1S/C16H23ClN2O2/c17-13-9-11(3-6-15(13)21-12-4-5-12)16(20)14(18)10-19-7-1-2-8-19/h3,6,9,12,14,16,20H,1-2,4-5,7-8,10,18H2/t14-,16?/m1/s1. The van der Waals surface area contributed by atoms with Crippen molar-refractivity contribution in [3.05, 3.63) is 28.8 Å². The molecule has 4 nitrogen and oxygen atoms in total. The van der Waals surface area contributed by atoms with Crippen LogP contribution in [0.4, 0.5) is 0 Å². The summed E-state index contributed by atoms with van der Waals surface area (Å²) in [7, 11) is 0. The third-order valence-electron chi connectivity index (χ3n) is 4.19. The predicted molar refractivity (Wildman–Crippen MR) is 83.7 cm³/mol. The highest BCUT2D eigenvalue weighted by atomic mass is 35.5. The van der Waals surface area contributed by atoms with E-state index in [2.05, 4.69) is 4.90 Å². The molecule has 21 heavy (non-hydrogen) atoms. The number of hydrogen-bond acceptors (Lipinski definition) is 4. The number of likely N-dealkylation sites (tertiary alicyclic amines) is 1. The molecule has 5 heteroatoms. The van der Waals surface area contributed by atoms with Crippen molar-refractivity contribution in [3.8, 4) is 5.75 Å². The molecule has 1 saturated carbocycles. The monoisotopic (exact) mass is 310 g/mol. The molecule has 2 aliphatic rings. The van der Waals surface area contributed by atoms with E-state index < -0.39 is 6.10 Å². The quantitative estimate of drug-likeness (QED) is 0.847. The second-order valence-electron chi connectivity index (χ2n) is 6.12. The third kappa shape index (κ3) is 3.89. The largest absolute Gasteiger partial charge is 0.489 e. The van der Waals surface area contributed by atoms with E-state index in [9.17, 15) is 5.11 Å². The van der Waals surface area contributed by atoms with Crippen molar-refractivity contribution in [1.29, 1.82) is 0 Å². The summed E-state index contributed by atoms with van der Waals surface area (Å²) in [6, 6.07) is 5.17. The maximum absolute atomic E-state index is 10.4. The Bertz CT molecular complexity index is 487. The molecule has 1 saturated heterocycles. The van der Waals surface area contributed by atoms with Gasteiger partial charge in [-0.15, -0.1) is 0 Å². The fourth-order valence-electron chi connectivity index (χ4n) is 2.77. The van der Waals surface area contributed by atoms with Gasteiger partial charge in [-0.1, -0.05) is 17.7 Å². The lowest BCUT2D eigenvalue weighted by atomic mass is 10.0. The average molecular weight is 311 g/mol. The highest BCUT2D eigenvalue weighted by molar-refractivity contribution is 6.32. The smallest absolute Gasteiger partial charge is 0.138 e. The Morgan fingerprint density at radius 1 is 1.33 bits per heavy atom. The summed E-state index contributed by atoms with van der Waals surface area (Å²) in [5.74, 6) is 0.697. The molecule has 1 heterocycles. The summed E-state index contributed by atoms with van der Waals surface area (Å²) in [4.78, 5) is 2.31. The number of ether oxygens (including phenoxy) is 1. The van der Waals surface area contributed by atoms with Crippen molar-refractivity contribution >= 4 is 11.6 Å². The van der Waals surface area contributed by atoms with Crippen LogP contribution in [0.5, 0.6) is 5.75 Å². The van der Waals surface area contributed by atoms with Crippen LogP contribution in [-0.2, 0) is 0 Å². The second-order valence-corrected chi connectivity index (χ2v) is 6.53. The normalized spacial score (nSPS) is 22.2. The van der Waals surface area contributed by atoms with Crippen molar-refractivity contribution in [2.75, 3.05) is 19.6 Å². The summed E-state index contributed by atoms with van der Waals surface area (Å²) >= 11 is 6.23. The zero-order chi connectivity index (χ0) is 14.8. The van der Waals surface area contributed by atoms with Crippen molar-refractivity contribution in [3.63, 3.8) is 0 Å². The first kappa shape index (κ1) is 15.1. The van der Waals surface area contributed by atoms with Gasteiger partial charge in [0.2, 0.25) is 0 Å². The Labute approximate surface area is 130 Å². The number of rotatable bonds is 6. The molecule has 1 aromatic rings. The molecule has 1 aliphatic carbocycles. The first-order valence-electron chi connectivity index (χ1n) is 7.75. The van der Waals surface area contributed by atoms with E-state index in [1.165, 1.54) is 12.8 Å². The van der Waals surface area contributed by atoms with Gasteiger partial charge in [0.05, 0.1) is 17.2 Å². The highest BCUT2D eigenvalue weighted by Gasteiger charge is 2.26. The van der Waals surface area contributed by atoms with Crippen LogP contribution < -0.4 is 10.5 Å². The Hall–Kier alpha value is -0.810. The molecule has 2 atom stereocenters. The van der Waals surface area contributed by atoms with E-state index in [1.807, 2.05) is 12.1 Å². The fourth-order valence-corrected chi connectivity index (χ4v) is 3.01. The number of aliphatic hydroxyl groups excluding tert-OH is 1. The maximum Gasteiger partial charge on any atom is 0.138 e. The van der Waals surface area contributed by atoms with Gasteiger partial charge in [0.1, 0.15) is 5.75 Å². The van der Waals surface area contributed by atoms with Crippen LogP contribution >= 0.6 is 11.6 Å². The van der Waals surface area contributed by atoms with Crippen molar-refractivity contribution < 1.29 is 9.84 Å². The lowest BCUT2D eigenvalue weighted by Gasteiger charge is -2.24. The van der Waals surface area contributed by atoms with Gasteiger partial charge in [0, 0.05) is 12.6 Å². The molecule has 0 aromatic heterocycles. The Morgan fingerprint density at radius 2 is 2.05 bits per heavy atom. The Morgan fingerprint density at radius 3 is 2.67 bits per heavy atom. The minimum absolute atomic E-state index is 0.297. The van der Waals surface area contributed by atoms with Gasteiger partial charge in [0.15, 0.2) is 0 Å². The second kappa shape index (κ2) is 6.53. The molecular weight excluding hydrogens is 288 g/mol. The summed E-state index contributed by atoms with van der Waals surface area (Å²) < 4.78 is 5.71. The van der Waals surface area contributed by atoms with Crippen LogP contribution in [0.1, 0.15) is 37.4 Å². The van der Waals surface area contributed by atoms with Gasteiger partial charge in [0.25, 0.3) is 0 Å². The van der Waals surface area contributed by atoms with Gasteiger partial charge in [-0.05, 0) is 56.5 Å². The topological polar surface area (TPSA) is 58.7 Å². The van der Waals surface area contributed by atoms with Crippen molar-refractivity contribution in [2.45, 2.75) is 43.9 Å². The number of nitrogens with two attached hydrogens (primary N) is 1. The van der Waals surface area contributed by atoms with Gasteiger partial charge >= 0.3 is 0 Å². The van der Waals surface area contributed by atoms with Crippen molar-refractivity contribution in [2.24, 2.45) is 5.73 Å². The fraction of sp³-hybridized carbons (Fsp3) is 0.625. The summed E-state index contributed by atoms with van der Waals surface area (Å²) in [5.41, 5.74) is 6.90. The van der Waals surface area contributed by atoms with Crippen LogP contribution in [0.25, 0.3) is 0 Å². The molecule has 0 radical (unpaired) electrons. The SMILES string of the molecule is N[C@H](CN1CCCC1)C(O)c1ccc(OC2CC2)c(Cl)c1. The lowest BCUT2D eigenvalue weighted by Crippen LogP contribution is -2.40. The number of halogens is 1. The Balaban J connectivity index is 1.62. The molecule has 0 spiro atoms.